The highest BCUT2D eigenvalue weighted by Gasteiger charge is 2.44. The first-order valence-corrected chi connectivity index (χ1v) is 20.0. The number of hydrogen-bond acceptors (Lipinski definition) is 6. The van der Waals surface area contributed by atoms with Crippen molar-refractivity contribution in [3.05, 3.63) is 142 Å². The summed E-state index contributed by atoms with van der Waals surface area (Å²) in [6.07, 6.45) is 8.02. The molecule has 1 saturated carbocycles. The smallest absolute Gasteiger partial charge is 0.303 e. The first-order valence-electron chi connectivity index (χ1n) is 17.1. The summed E-state index contributed by atoms with van der Waals surface area (Å²) in [5.41, 5.74) is 6.11. The van der Waals surface area contributed by atoms with Crippen molar-refractivity contribution in [2.24, 2.45) is 5.41 Å². The summed E-state index contributed by atoms with van der Waals surface area (Å²) in [6, 6.07) is 32.5. The summed E-state index contributed by atoms with van der Waals surface area (Å²) in [5.74, 6) is 0.122. The number of thioether (sulfide) groups is 1. The van der Waals surface area contributed by atoms with E-state index in [4.69, 9.17) is 21.1 Å². The minimum atomic E-state index is -4.02. The van der Waals surface area contributed by atoms with Crippen LogP contribution in [0.3, 0.4) is 0 Å². The summed E-state index contributed by atoms with van der Waals surface area (Å²) in [4.78, 5) is 16.2. The molecule has 1 fully saturated rings. The van der Waals surface area contributed by atoms with Crippen LogP contribution in [0.2, 0.25) is 5.02 Å². The van der Waals surface area contributed by atoms with Gasteiger partial charge in [0.2, 0.25) is 0 Å². The van der Waals surface area contributed by atoms with Crippen LogP contribution in [0.15, 0.2) is 108 Å². The zero-order valence-corrected chi connectivity index (χ0v) is 31.9. The third kappa shape index (κ3) is 11.3. The van der Waals surface area contributed by atoms with Gasteiger partial charge in [0.15, 0.2) is 0 Å². The summed E-state index contributed by atoms with van der Waals surface area (Å²) in [6.45, 7) is 5.50. The van der Waals surface area contributed by atoms with Crippen molar-refractivity contribution in [2.45, 2.75) is 68.6 Å². The molecule has 52 heavy (non-hydrogen) atoms. The van der Waals surface area contributed by atoms with Crippen LogP contribution in [0.25, 0.3) is 23.1 Å². The minimum Gasteiger partial charge on any atom is -0.481 e. The van der Waals surface area contributed by atoms with Gasteiger partial charge in [-0.1, -0.05) is 96.0 Å². The standard InChI is InChI=1S/C35H36ClNO3S.C7H8O3S/c1-34(2,40)30-9-4-3-7-25(30)13-17-32(41-23-35(18-19-35)22-33(38)39)27-8-5-6-24(20-27)10-15-29-16-12-26-11-14-28(36)21-31(26)37-29;1-6-2-4-7(5-3-6)11(8,9)10/h3-12,14-16,20-21,32,40H,13,17-19,22-23H2,1-2H3,(H,38,39);2-5H,1H3,(H,8,9,10)/b15-10+;/t32-;/m1./s1. The second kappa shape index (κ2) is 16.8. The lowest BCUT2D eigenvalue weighted by Crippen LogP contribution is -2.18. The fourth-order valence-electron chi connectivity index (χ4n) is 6.07. The average molecular weight is 758 g/mol. The van der Waals surface area contributed by atoms with Crippen molar-refractivity contribution in [3.63, 3.8) is 0 Å². The van der Waals surface area contributed by atoms with E-state index in [0.29, 0.717) is 5.02 Å². The number of rotatable bonds is 13. The molecule has 1 aliphatic carbocycles. The van der Waals surface area contributed by atoms with Crippen molar-refractivity contribution in [1.29, 1.82) is 0 Å². The highest BCUT2D eigenvalue weighted by molar-refractivity contribution is 7.99. The number of pyridine rings is 1. The number of hydrogen-bond donors (Lipinski definition) is 3. The number of aryl methyl sites for hydroxylation is 2. The Hall–Kier alpha value is -3.99. The maximum Gasteiger partial charge on any atom is 0.303 e. The molecule has 5 aromatic rings. The molecule has 1 aliphatic rings. The van der Waals surface area contributed by atoms with Gasteiger partial charge in [-0.2, -0.15) is 20.2 Å². The SMILES string of the molecule is CC(C)(O)c1ccccc1CC[C@@H](SCC1(CC(=O)O)CC1)c1cccc(/C=C/c2ccc3ccc(Cl)cc3n2)c1.Cc1ccc(S(=O)(=O)O)cc1. The third-order valence-electron chi connectivity index (χ3n) is 9.15. The molecule has 0 aliphatic heterocycles. The van der Waals surface area contributed by atoms with Gasteiger partial charge < -0.3 is 10.2 Å². The second-order valence-electron chi connectivity index (χ2n) is 14.0. The zero-order chi connectivity index (χ0) is 37.5. The lowest BCUT2D eigenvalue weighted by molar-refractivity contribution is -0.138. The monoisotopic (exact) mass is 757 g/mol. The molecule has 1 atom stereocenters. The summed E-state index contributed by atoms with van der Waals surface area (Å²) < 4.78 is 29.6. The lowest BCUT2D eigenvalue weighted by Gasteiger charge is -2.24. The number of fused-ring (bicyclic) bond motifs is 1. The molecule has 0 unspecified atom stereocenters. The number of halogens is 1. The molecule has 0 spiro atoms. The van der Waals surface area contributed by atoms with Gasteiger partial charge in [0.05, 0.1) is 28.1 Å². The largest absolute Gasteiger partial charge is 0.481 e. The molecule has 1 heterocycles. The topological polar surface area (TPSA) is 125 Å². The molecule has 0 radical (unpaired) electrons. The molecule has 7 nitrogen and oxygen atoms in total. The highest BCUT2D eigenvalue weighted by atomic mass is 35.5. The van der Waals surface area contributed by atoms with E-state index in [9.17, 15) is 23.4 Å². The van der Waals surface area contributed by atoms with Crippen LogP contribution >= 0.6 is 23.4 Å². The minimum absolute atomic E-state index is 0.0666. The summed E-state index contributed by atoms with van der Waals surface area (Å²) in [5, 5.41) is 22.1. The Kier molecular flexibility index (Phi) is 12.7. The Balaban J connectivity index is 0.000000407. The first kappa shape index (κ1) is 39.2. The number of benzene rings is 4. The van der Waals surface area contributed by atoms with Gasteiger partial charge in [-0.05, 0) is 111 Å². The van der Waals surface area contributed by atoms with Crippen LogP contribution in [-0.2, 0) is 26.9 Å². The quantitative estimate of drug-likeness (QED) is 0.101. The van der Waals surface area contributed by atoms with E-state index < -0.39 is 21.7 Å². The van der Waals surface area contributed by atoms with Gasteiger partial charge in [0.1, 0.15) is 0 Å². The predicted molar refractivity (Wildman–Crippen MR) is 212 cm³/mol. The van der Waals surface area contributed by atoms with Gasteiger partial charge in [-0.15, -0.1) is 0 Å². The Morgan fingerprint density at radius 2 is 1.67 bits per heavy atom. The van der Waals surface area contributed by atoms with E-state index in [1.54, 1.807) is 12.1 Å². The Morgan fingerprint density at radius 3 is 2.35 bits per heavy atom. The Morgan fingerprint density at radius 1 is 0.962 bits per heavy atom. The maximum absolute atomic E-state index is 11.5. The molecule has 272 valence electrons. The molecule has 6 rings (SSSR count). The van der Waals surface area contributed by atoms with Gasteiger partial charge in [0.25, 0.3) is 10.1 Å². The lowest BCUT2D eigenvalue weighted by atomic mass is 9.90. The second-order valence-corrected chi connectivity index (χ2v) is 17.0. The van der Waals surface area contributed by atoms with E-state index in [1.807, 2.05) is 81.1 Å². The summed E-state index contributed by atoms with van der Waals surface area (Å²) >= 11 is 8.04. The van der Waals surface area contributed by atoms with Crippen LogP contribution in [0, 0.1) is 12.3 Å². The van der Waals surface area contributed by atoms with Crippen LogP contribution in [0.5, 0.6) is 0 Å². The fraction of sp³-hybridized carbons (Fsp3) is 0.286. The fourth-order valence-corrected chi connectivity index (χ4v) is 8.28. The molecule has 3 N–H and O–H groups in total. The maximum atomic E-state index is 11.5. The van der Waals surface area contributed by atoms with Crippen molar-refractivity contribution < 1.29 is 28.0 Å². The van der Waals surface area contributed by atoms with Crippen molar-refractivity contribution >= 4 is 62.5 Å². The van der Waals surface area contributed by atoms with Crippen molar-refractivity contribution in [1.82, 2.24) is 4.98 Å². The molecule has 0 bridgehead atoms. The van der Waals surface area contributed by atoms with E-state index >= 15 is 0 Å². The average Bonchev–Trinajstić information content (AvgIpc) is 3.85. The number of aliphatic carboxylic acids is 1. The third-order valence-corrected chi connectivity index (χ3v) is 11.9. The van der Waals surface area contributed by atoms with Gasteiger partial charge >= 0.3 is 5.97 Å². The van der Waals surface area contributed by atoms with E-state index in [1.165, 1.54) is 17.7 Å². The Bertz CT molecular complexity index is 2160. The molecule has 4 aromatic carbocycles. The van der Waals surface area contributed by atoms with E-state index in [0.717, 1.165) is 70.3 Å². The number of carboxylic acids is 1. The number of carboxylic acid groups (broad SMARTS) is 1. The molecule has 1 aromatic heterocycles. The molecular weight excluding hydrogens is 714 g/mol. The highest BCUT2D eigenvalue weighted by Crippen LogP contribution is 2.53. The van der Waals surface area contributed by atoms with Gasteiger partial charge in [0, 0.05) is 21.4 Å². The number of carbonyl (C=O) groups is 1. The number of aromatic nitrogens is 1. The first-order chi connectivity index (χ1) is 24.6. The van der Waals surface area contributed by atoms with Crippen molar-refractivity contribution in [2.75, 3.05) is 5.75 Å². The van der Waals surface area contributed by atoms with Crippen LogP contribution < -0.4 is 0 Å². The predicted octanol–water partition coefficient (Wildman–Crippen LogP) is 10.2. The summed E-state index contributed by atoms with van der Waals surface area (Å²) in [7, 11) is -4.02. The molecule has 0 amide bonds. The molecule has 10 heteroatoms. The van der Waals surface area contributed by atoms with Crippen molar-refractivity contribution in [3.8, 4) is 0 Å². The van der Waals surface area contributed by atoms with Crippen LogP contribution in [-0.4, -0.2) is 39.9 Å². The van der Waals surface area contributed by atoms with E-state index in [-0.39, 0.29) is 22.0 Å². The van der Waals surface area contributed by atoms with Crippen LogP contribution in [0.4, 0.5) is 0 Å². The molecular formula is C42H44ClNO6S2. The Labute approximate surface area is 315 Å². The zero-order valence-electron chi connectivity index (χ0n) is 29.5. The van der Waals surface area contributed by atoms with Crippen LogP contribution in [0.1, 0.15) is 78.3 Å². The number of aliphatic hydroxyl groups is 1. The van der Waals surface area contributed by atoms with Gasteiger partial charge in [-0.25, -0.2) is 4.98 Å². The molecule has 0 saturated heterocycles. The normalized spacial score (nSPS) is 14.5. The van der Waals surface area contributed by atoms with E-state index in [2.05, 4.69) is 42.5 Å². The van der Waals surface area contributed by atoms with Gasteiger partial charge in [-0.3, -0.25) is 9.35 Å². The number of nitrogens with zero attached hydrogens (tertiary/aromatic N) is 1.